The number of anilines is 1. The monoisotopic (exact) mass is 381 g/mol. The molecule has 28 heavy (non-hydrogen) atoms. The normalized spacial score (nSPS) is 18.6. The van der Waals surface area contributed by atoms with Crippen molar-refractivity contribution in [3.8, 4) is 5.75 Å². The summed E-state index contributed by atoms with van der Waals surface area (Å²) in [6.45, 7) is 5.41. The van der Waals surface area contributed by atoms with Gasteiger partial charge in [0.1, 0.15) is 11.3 Å². The number of hydrogen-bond donors (Lipinski definition) is 2. The average Bonchev–Trinajstić information content (AvgIpc) is 2.94. The van der Waals surface area contributed by atoms with Crippen LogP contribution in [-0.2, 0) is 15.1 Å². The predicted octanol–water partition coefficient (Wildman–Crippen LogP) is 2.56. The highest BCUT2D eigenvalue weighted by Gasteiger charge is 2.43. The van der Waals surface area contributed by atoms with Crippen LogP contribution in [-0.4, -0.2) is 30.5 Å². The Labute approximate surface area is 163 Å². The van der Waals surface area contributed by atoms with Gasteiger partial charge in [0.25, 0.3) is 11.8 Å². The van der Waals surface area contributed by atoms with Crippen molar-refractivity contribution in [1.82, 2.24) is 10.6 Å². The lowest BCUT2D eigenvalue weighted by Gasteiger charge is -2.27. The Hall–Kier alpha value is -3.35. The summed E-state index contributed by atoms with van der Waals surface area (Å²) in [5.41, 5.74) is 0.327. The first-order valence-electron chi connectivity index (χ1n) is 9.05. The first-order chi connectivity index (χ1) is 13.3. The zero-order valence-electron chi connectivity index (χ0n) is 16.1. The number of nitrogens with zero attached hydrogens (tertiary/aromatic N) is 1. The van der Waals surface area contributed by atoms with Gasteiger partial charge in [-0.15, -0.1) is 0 Å². The number of para-hydroxylation sites is 1. The van der Waals surface area contributed by atoms with Crippen LogP contribution < -0.4 is 20.3 Å². The Morgan fingerprint density at radius 1 is 1.07 bits per heavy atom. The maximum Gasteiger partial charge on any atom is 0.322 e. The highest BCUT2D eigenvalue weighted by molar-refractivity contribution is 6.07. The van der Waals surface area contributed by atoms with Crippen molar-refractivity contribution >= 4 is 23.5 Å². The van der Waals surface area contributed by atoms with Gasteiger partial charge in [0.2, 0.25) is 0 Å². The van der Waals surface area contributed by atoms with Gasteiger partial charge in [-0.05, 0) is 50.6 Å². The predicted molar refractivity (Wildman–Crippen MR) is 105 cm³/mol. The Morgan fingerprint density at radius 2 is 1.71 bits per heavy atom. The Morgan fingerprint density at radius 3 is 2.25 bits per heavy atom. The number of carbonyl (C=O) groups is 3. The second-order valence-corrected chi connectivity index (χ2v) is 7.04. The third-order valence-electron chi connectivity index (χ3n) is 4.66. The highest BCUT2D eigenvalue weighted by Crippen LogP contribution is 2.26. The number of amides is 4. The molecule has 7 nitrogen and oxygen atoms in total. The average molecular weight is 381 g/mol. The van der Waals surface area contributed by atoms with Crippen molar-refractivity contribution in [2.75, 3.05) is 11.5 Å². The van der Waals surface area contributed by atoms with E-state index in [0.29, 0.717) is 11.3 Å². The van der Waals surface area contributed by atoms with Crippen molar-refractivity contribution in [2.24, 2.45) is 0 Å². The molecule has 1 aliphatic heterocycles. The van der Waals surface area contributed by atoms with E-state index in [9.17, 15) is 14.4 Å². The summed E-state index contributed by atoms with van der Waals surface area (Å²) >= 11 is 0. The molecule has 4 amide bonds. The molecule has 1 aliphatic rings. The largest absolute Gasteiger partial charge is 0.484 e. The third-order valence-corrected chi connectivity index (χ3v) is 4.66. The molecule has 1 saturated heterocycles. The van der Waals surface area contributed by atoms with Crippen LogP contribution in [0.25, 0.3) is 0 Å². The number of nitrogens with one attached hydrogen (secondary N) is 2. The Bertz CT molecular complexity index is 880. The van der Waals surface area contributed by atoms with Crippen LogP contribution in [0.1, 0.15) is 26.3 Å². The van der Waals surface area contributed by atoms with E-state index in [2.05, 4.69) is 10.6 Å². The van der Waals surface area contributed by atoms with Crippen molar-refractivity contribution in [1.29, 1.82) is 0 Å². The highest BCUT2D eigenvalue weighted by atomic mass is 16.5. The fourth-order valence-electron chi connectivity index (χ4n) is 3.16. The number of ether oxygens (including phenoxy) is 1. The van der Waals surface area contributed by atoms with Crippen LogP contribution in [0.5, 0.6) is 5.75 Å². The molecule has 0 spiro atoms. The van der Waals surface area contributed by atoms with Gasteiger partial charge in [-0.2, -0.15) is 0 Å². The van der Waals surface area contributed by atoms with Crippen LogP contribution in [0.4, 0.5) is 10.5 Å². The molecule has 146 valence electrons. The molecule has 0 aromatic heterocycles. The van der Waals surface area contributed by atoms with Gasteiger partial charge in [0.15, 0.2) is 6.61 Å². The van der Waals surface area contributed by atoms with Gasteiger partial charge in [-0.3, -0.25) is 14.9 Å². The maximum absolute atomic E-state index is 12.7. The van der Waals surface area contributed by atoms with Crippen LogP contribution in [0.2, 0.25) is 0 Å². The van der Waals surface area contributed by atoms with E-state index in [-0.39, 0.29) is 18.6 Å². The minimum atomic E-state index is -1.12. The molecule has 2 N–H and O–H groups in total. The Kier molecular flexibility index (Phi) is 5.35. The summed E-state index contributed by atoms with van der Waals surface area (Å²) in [6, 6.07) is 15.7. The minimum absolute atomic E-state index is 0.00897. The molecule has 1 heterocycles. The molecule has 2 aromatic rings. The lowest BCUT2D eigenvalue weighted by atomic mass is 9.92. The molecule has 2 aromatic carbocycles. The minimum Gasteiger partial charge on any atom is -0.484 e. The number of urea groups is 1. The van der Waals surface area contributed by atoms with Gasteiger partial charge in [-0.25, -0.2) is 4.79 Å². The summed E-state index contributed by atoms with van der Waals surface area (Å²) in [7, 11) is 0. The molecule has 0 saturated carbocycles. The molecular formula is C21H23N3O4. The number of imide groups is 1. The number of rotatable bonds is 6. The molecule has 1 atom stereocenters. The number of hydrogen-bond acceptors (Lipinski definition) is 4. The SMILES string of the molecule is CC(C)N(C(=O)COc1ccc([C@]2(C)NC(=O)NC2=O)cc1)c1ccccc1. The molecule has 0 radical (unpaired) electrons. The number of carbonyl (C=O) groups excluding carboxylic acids is 3. The van der Waals surface area contributed by atoms with Gasteiger partial charge >= 0.3 is 6.03 Å². The third kappa shape index (κ3) is 3.83. The topological polar surface area (TPSA) is 87.7 Å². The van der Waals surface area contributed by atoms with Crippen LogP contribution >= 0.6 is 0 Å². The van der Waals surface area contributed by atoms with Crippen LogP contribution in [0, 0.1) is 0 Å². The van der Waals surface area contributed by atoms with E-state index in [1.165, 1.54) is 0 Å². The molecule has 3 rings (SSSR count). The molecule has 0 unspecified atom stereocenters. The van der Waals surface area contributed by atoms with E-state index in [1.54, 1.807) is 36.1 Å². The molecule has 0 aliphatic carbocycles. The fraction of sp³-hybridized carbons (Fsp3) is 0.286. The molecule has 7 heteroatoms. The Balaban J connectivity index is 1.67. The zero-order chi connectivity index (χ0) is 20.3. The van der Waals surface area contributed by atoms with Crippen molar-refractivity contribution in [3.63, 3.8) is 0 Å². The van der Waals surface area contributed by atoms with Gasteiger partial charge in [0.05, 0.1) is 0 Å². The molecule has 0 bridgehead atoms. The van der Waals surface area contributed by atoms with Crippen molar-refractivity contribution in [2.45, 2.75) is 32.4 Å². The van der Waals surface area contributed by atoms with E-state index in [1.807, 2.05) is 44.2 Å². The number of benzene rings is 2. The summed E-state index contributed by atoms with van der Waals surface area (Å²) in [4.78, 5) is 37.8. The van der Waals surface area contributed by atoms with E-state index in [0.717, 1.165) is 5.69 Å². The quantitative estimate of drug-likeness (QED) is 0.753. The summed E-state index contributed by atoms with van der Waals surface area (Å²) in [6.07, 6.45) is 0. The lowest BCUT2D eigenvalue weighted by molar-refractivity contribution is -0.123. The van der Waals surface area contributed by atoms with E-state index >= 15 is 0 Å². The second-order valence-electron chi connectivity index (χ2n) is 7.04. The first kappa shape index (κ1) is 19.4. The van der Waals surface area contributed by atoms with Crippen LogP contribution in [0.15, 0.2) is 54.6 Å². The van der Waals surface area contributed by atoms with Crippen LogP contribution in [0.3, 0.4) is 0 Å². The standard InChI is InChI=1S/C21H23N3O4/c1-14(2)24(16-7-5-4-6-8-16)18(25)13-28-17-11-9-15(10-12-17)21(3)19(26)22-20(27)23-21/h4-12,14H,13H2,1-3H3,(H2,22,23,26,27)/t21-/m0/s1. The van der Waals surface area contributed by atoms with E-state index < -0.39 is 17.5 Å². The maximum atomic E-state index is 12.7. The summed E-state index contributed by atoms with van der Waals surface area (Å²) in [5.74, 6) is -0.0568. The van der Waals surface area contributed by atoms with Crippen molar-refractivity contribution < 1.29 is 19.1 Å². The lowest BCUT2D eigenvalue weighted by Crippen LogP contribution is -2.40. The smallest absolute Gasteiger partial charge is 0.322 e. The first-order valence-corrected chi connectivity index (χ1v) is 9.05. The van der Waals surface area contributed by atoms with Gasteiger partial charge < -0.3 is 15.0 Å². The molecular weight excluding hydrogens is 358 g/mol. The van der Waals surface area contributed by atoms with Gasteiger partial charge in [0, 0.05) is 11.7 Å². The van der Waals surface area contributed by atoms with Gasteiger partial charge in [-0.1, -0.05) is 30.3 Å². The second kappa shape index (κ2) is 7.72. The zero-order valence-corrected chi connectivity index (χ0v) is 16.1. The summed E-state index contributed by atoms with van der Waals surface area (Å²) < 4.78 is 5.64. The molecule has 1 fully saturated rings. The van der Waals surface area contributed by atoms with E-state index in [4.69, 9.17) is 4.74 Å². The fourth-order valence-corrected chi connectivity index (χ4v) is 3.16. The summed E-state index contributed by atoms with van der Waals surface area (Å²) in [5, 5.41) is 4.84. The van der Waals surface area contributed by atoms with Crippen molar-refractivity contribution in [3.05, 3.63) is 60.2 Å².